The van der Waals surface area contributed by atoms with Gasteiger partial charge in [-0.05, 0) is 31.6 Å². The van der Waals surface area contributed by atoms with E-state index >= 15 is 0 Å². The quantitative estimate of drug-likeness (QED) is 0.847. The van der Waals surface area contributed by atoms with Crippen LogP contribution < -0.4 is 4.80 Å². The molecule has 0 spiro atoms. The molecule has 1 fully saturated rings. The van der Waals surface area contributed by atoms with Crippen LogP contribution in [0, 0.1) is 11.3 Å². The van der Waals surface area contributed by atoms with Crippen molar-refractivity contribution in [1.29, 1.82) is 5.41 Å². The smallest absolute Gasteiger partial charge is 0.325 e. The van der Waals surface area contributed by atoms with Gasteiger partial charge < -0.3 is 5.11 Å². The van der Waals surface area contributed by atoms with Gasteiger partial charge in [-0.15, -0.1) is 0 Å². The molecule has 1 aliphatic rings. The fourth-order valence-electron chi connectivity index (χ4n) is 2.93. The van der Waals surface area contributed by atoms with E-state index in [9.17, 15) is 4.79 Å². The maximum Gasteiger partial charge on any atom is 0.325 e. The van der Waals surface area contributed by atoms with Gasteiger partial charge in [0, 0.05) is 5.92 Å². The molecule has 6 heteroatoms. The fourth-order valence-corrected chi connectivity index (χ4v) is 3.88. The first-order chi connectivity index (χ1) is 9.60. The highest BCUT2D eigenvalue weighted by atomic mass is 32.1. The molecule has 0 unspecified atom stereocenters. The Morgan fingerprint density at radius 2 is 2.15 bits per heavy atom. The van der Waals surface area contributed by atoms with Crippen molar-refractivity contribution in [2.24, 2.45) is 5.92 Å². The van der Waals surface area contributed by atoms with E-state index < -0.39 is 5.97 Å². The van der Waals surface area contributed by atoms with Crippen LogP contribution in [0.4, 0.5) is 0 Å². The number of carboxylic acids is 1. The fraction of sp³-hybridized carbons (Fsp3) is 0.786. The molecule has 0 radical (unpaired) electrons. The number of nitrogens with one attached hydrogen (secondary N) is 1. The van der Waals surface area contributed by atoms with Crippen molar-refractivity contribution < 1.29 is 9.90 Å². The summed E-state index contributed by atoms with van der Waals surface area (Å²) in [6, 6.07) is 0. The normalized spacial score (nSPS) is 22.9. The third-order valence-corrected chi connectivity index (χ3v) is 5.13. The van der Waals surface area contributed by atoms with E-state index in [0.717, 1.165) is 23.8 Å². The van der Waals surface area contributed by atoms with Crippen LogP contribution in [0.25, 0.3) is 0 Å². The van der Waals surface area contributed by atoms with Crippen molar-refractivity contribution in [3.8, 4) is 0 Å². The van der Waals surface area contributed by atoms with E-state index in [2.05, 4.69) is 12.0 Å². The number of carbonyl (C=O) groups is 1. The van der Waals surface area contributed by atoms with Crippen molar-refractivity contribution in [1.82, 2.24) is 9.78 Å². The maximum absolute atomic E-state index is 10.7. The molecule has 1 aromatic rings. The van der Waals surface area contributed by atoms with E-state index in [4.69, 9.17) is 10.5 Å². The average molecular weight is 297 g/mol. The number of aliphatic carboxylic acids is 1. The molecule has 0 amide bonds. The lowest BCUT2D eigenvalue weighted by molar-refractivity contribution is -0.137. The lowest BCUT2D eigenvalue weighted by Crippen LogP contribution is -2.20. The van der Waals surface area contributed by atoms with Crippen LogP contribution >= 0.6 is 11.3 Å². The Hall–Kier alpha value is -1.17. The molecule has 1 aliphatic carbocycles. The topological polar surface area (TPSA) is 79.0 Å². The Balaban J connectivity index is 1.93. The number of rotatable bonds is 6. The molecule has 0 aliphatic heterocycles. The van der Waals surface area contributed by atoms with Crippen molar-refractivity contribution in [2.75, 3.05) is 0 Å². The number of aromatic nitrogens is 2. The summed E-state index contributed by atoms with van der Waals surface area (Å²) in [7, 11) is 0. The Bertz CT molecular complexity index is 501. The lowest BCUT2D eigenvalue weighted by atomic mass is 9.80. The molecule has 0 saturated heterocycles. The Morgan fingerprint density at radius 3 is 2.75 bits per heavy atom. The Labute approximate surface area is 123 Å². The van der Waals surface area contributed by atoms with Gasteiger partial charge in [-0.2, -0.15) is 5.10 Å². The first-order valence-corrected chi connectivity index (χ1v) is 8.26. The monoisotopic (exact) mass is 297 g/mol. The lowest BCUT2D eigenvalue weighted by Gasteiger charge is -2.26. The second-order valence-corrected chi connectivity index (χ2v) is 6.67. The molecule has 1 heterocycles. The zero-order valence-electron chi connectivity index (χ0n) is 12.0. The second kappa shape index (κ2) is 7.02. The standard InChI is InChI=1S/C14H23N3O2S/c1-2-3-4-10-5-7-11(8-6-10)13-16-17(9-12(18)19)14(15)20-13/h10-11,15H,2-9H2,1H3,(H,18,19). The molecule has 1 saturated carbocycles. The molecule has 0 bridgehead atoms. The number of nitrogens with zero attached hydrogens (tertiary/aromatic N) is 2. The van der Waals surface area contributed by atoms with Gasteiger partial charge in [-0.1, -0.05) is 37.5 Å². The van der Waals surface area contributed by atoms with Gasteiger partial charge in [-0.25, -0.2) is 4.68 Å². The molecule has 112 valence electrons. The SMILES string of the molecule is CCCCC1CCC(c2nn(CC(=O)O)c(=N)s2)CC1. The summed E-state index contributed by atoms with van der Waals surface area (Å²) in [6.07, 6.45) is 8.69. The predicted molar refractivity (Wildman–Crippen MR) is 77.8 cm³/mol. The zero-order chi connectivity index (χ0) is 14.5. The number of hydrogen-bond acceptors (Lipinski definition) is 4. The van der Waals surface area contributed by atoms with Crippen molar-refractivity contribution in [3.63, 3.8) is 0 Å². The van der Waals surface area contributed by atoms with E-state index in [-0.39, 0.29) is 11.3 Å². The van der Waals surface area contributed by atoms with Crippen LogP contribution in [0.5, 0.6) is 0 Å². The minimum Gasteiger partial charge on any atom is -0.480 e. The molecule has 1 aromatic heterocycles. The number of carboxylic acid groups (broad SMARTS) is 1. The third kappa shape index (κ3) is 3.91. The van der Waals surface area contributed by atoms with Crippen LogP contribution in [0.15, 0.2) is 0 Å². The van der Waals surface area contributed by atoms with E-state index in [1.165, 1.54) is 48.1 Å². The van der Waals surface area contributed by atoms with Crippen LogP contribution in [-0.2, 0) is 11.3 Å². The van der Waals surface area contributed by atoms with Crippen LogP contribution in [0.3, 0.4) is 0 Å². The summed E-state index contributed by atoms with van der Waals surface area (Å²) in [5, 5.41) is 21.9. The van der Waals surface area contributed by atoms with Gasteiger partial charge in [0.2, 0.25) is 4.80 Å². The van der Waals surface area contributed by atoms with Crippen molar-refractivity contribution in [2.45, 2.75) is 64.3 Å². The highest BCUT2D eigenvalue weighted by molar-refractivity contribution is 7.08. The van der Waals surface area contributed by atoms with Gasteiger partial charge in [0.15, 0.2) is 0 Å². The minimum absolute atomic E-state index is 0.207. The van der Waals surface area contributed by atoms with Gasteiger partial charge in [0.25, 0.3) is 0 Å². The van der Waals surface area contributed by atoms with Crippen LogP contribution in [0.2, 0.25) is 0 Å². The van der Waals surface area contributed by atoms with Gasteiger partial charge in [-0.3, -0.25) is 10.2 Å². The van der Waals surface area contributed by atoms with Crippen LogP contribution in [0.1, 0.15) is 62.8 Å². The summed E-state index contributed by atoms with van der Waals surface area (Å²) in [4.78, 5) is 11.0. The van der Waals surface area contributed by atoms with Crippen molar-refractivity contribution in [3.05, 3.63) is 9.81 Å². The van der Waals surface area contributed by atoms with E-state index in [1.54, 1.807) is 0 Å². The van der Waals surface area contributed by atoms with Gasteiger partial charge >= 0.3 is 5.97 Å². The molecule has 20 heavy (non-hydrogen) atoms. The molecule has 0 atom stereocenters. The van der Waals surface area contributed by atoms with Gasteiger partial charge in [0.05, 0.1) is 0 Å². The molecular formula is C14H23N3O2S. The first kappa shape index (κ1) is 15.2. The predicted octanol–water partition coefficient (Wildman–Crippen LogP) is 2.97. The van der Waals surface area contributed by atoms with Crippen LogP contribution in [-0.4, -0.2) is 20.9 Å². The summed E-state index contributed by atoms with van der Waals surface area (Å²) in [5.41, 5.74) is 0. The highest BCUT2D eigenvalue weighted by Gasteiger charge is 2.24. The summed E-state index contributed by atoms with van der Waals surface area (Å²) in [6.45, 7) is 2.03. The summed E-state index contributed by atoms with van der Waals surface area (Å²) in [5.74, 6) is 0.341. The number of hydrogen-bond donors (Lipinski definition) is 2. The average Bonchev–Trinajstić information content (AvgIpc) is 2.78. The summed E-state index contributed by atoms with van der Waals surface area (Å²) >= 11 is 1.34. The first-order valence-electron chi connectivity index (χ1n) is 7.44. The van der Waals surface area contributed by atoms with Crippen molar-refractivity contribution >= 4 is 17.3 Å². The Kier molecular flexibility index (Phi) is 5.34. The highest BCUT2D eigenvalue weighted by Crippen LogP contribution is 2.37. The van der Waals surface area contributed by atoms with E-state index in [1.807, 2.05) is 0 Å². The van der Waals surface area contributed by atoms with E-state index in [0.29, 0.717) is 5.92 Å². The van der Waals surface area contributed by atoms with Gasteiger partial charge in [0.1, 0.15) is 11.6 Å². The molecule has 0 aromatic carbocycles. The Morgan fingerprint density at radius 1 is 1.45 bits per heavy atom. The third-order valence-electron chi connectivity index (χ3n) is 4.10. The molecular weight excluding hydrogens is 274 g/mol. The second-order valence-electron chi connectivity index (χ2n) is 5.66. The zero-order valence-corrected chi connectivity index (χ0v) is 12.8. The summed E-state index contributed by atoms with van der Waals surface area (Å²) < 4.78 is 1.30. The molecule has 2 rings (SSSR count). The molecule has 2 N–H and O–H groups in total. The largest absolute Gasteiger partial charge is 0.480 e. The molecule has 5 nitrogen and oxygen atoms in total. The minimum atomic E-state index is -0.941. The maximum atomic E-state index is 10.7. The number of unbranched alkanes of at least 4 members (excludes halogenated alkanes) is 1.